The summed E-state index contributed by atoms with van der Waals surface area (Å²) in [6.07, 6.45) is 4.26. The molecule has 0 atom stereocenters. The molecule has 1 rings (SSSR count). The van der Waals surface area contributed by atoms with Gasteiger partial charge in [0.25, 0.3) is 0 Å². The third-order valence-electron chi connectivity index (χ3n) is 3.10. The maximum Gasteiger partial charge on any atom is 0.0109 e. The normalized spacial score (nSPS) is 20.1. The van der Waals surface area contributed by atoms with Crippen molar-refractivity contribution in [3.05, 3.63) is 0 Å². The van der Waals surface area contributed by atoms with Crippen molar-refractivity contribution < 1.29 is 0 Å². The Morgan fingerprint density at radius 3 is 2.31 bits per heavy atom. The Balaban J connectivity index is 2.10. The molecule has 0 aromatic carbocycles. The van der Waals surface area contributed by atoms with Gasteiger partial charge in [-0.3, -0.25) is 0 Å². The highest BCUT2D eigenvalue weighted by Gasteiger charge is 2.11. The first-order valence-corrected chi connectivity index (χ1v) is 5.63. The van der Waals surface area contributed by atoms with Gasteiger partial charge in [-0.25, -0.2) is 0 Å². The van der Waals surface area contributed by atoms with Crippen LogP contribution in [0, 0.1) is 0 Å². The predicted octanol–water partition coefficient (Wildman–Crippen LogP) is 1.81. The summed E-state index contributed by atoms with van der Waals surface area (Å²) in [5, 5.41) is 0. The Kier molecular flexibility index (Phi) is 4.74. The lowest BCUT2D eigenvalue weighted by Gasteiger charge is -2.29. The zero-order valence-electron chi connectivity index (χ0n) is 9.42. The monoisotopic (exact) mass is 184 g/mol. The van der Waals surface area contributed by atoms with E-state index in [9.17, 15) is 0 Å². The topological polar surface area (TPSA) is 6.48 Å². The van der Waals surface area contributed by atoms with Crippen molar-refractivity contribution in [1.29, 1.82) is 0 Å². The highest BCUT2D eigenvalue weighted by atomic mass is 15.2. The molecular weight excluding hydrogens is 160 g/mol. The quantitative estimate of drug-likeness (QED) is 0.657. The lowest BCUT2D eigenvalue weighted by Crippen LogP contribution is -2.38. The molecular formula is C11H24N2. The molecule has 13 heavy (non-hydrogen) atoms. The zero-order chi connectivity index (χ0) is 9.68. The van der Waals surface area contributed by atoms with Gasteiger partial charge < -0.3 is 9.80 Å². The van der Waals surface area contributed by atoms with Crippen LogP contribution in [0.3, 0.4) is 0 Å². The smallest absolute Gasteiger partial charge is 0.0109 e. The first-order chi connectivity index (χ1) is 6.20. The van der Waals surface area contributed by atoms with E-state index in [0.717, 1.165) is 0 Å². The molecule has 0 aliphatic carbocycles. The summed E-state index contributed by atoms with van der Waals surface area (Å²) < 4.78 is 0. The molecule has 0 N–H and O–H groups in total. The second-order valence-corrected chi connectivity index (χ2v) is 4.48. The van der Waals surface area contributed by atoms with Crippen LogP contribution in [0.2, 0.25) is 0 Å². The van der Waals surface area contributed by atoms with Crippen molar-refractivity contribution in [2.24, 2.45) is 0 Å². The van der Waals surface area contributed by atoms with E-state index in [2.05, 4.69) is 30.7 Å². The fourth-order valence-corrected chi connectivity index (χ4v) is 1.74. The van der Waals surface area contributed by atoms with E-state index in [0.29, 0.717) is 6.04 Å². The molecule has 0 unspecified atom stereocenters. The van der Waals surface area contributed by atoms with Gasteiger partial charge in [0.05, 0.1) is 0 Å². The summed E-state index contributed by atoms with van der Waals surface area (Å²) in [6.45, 7) is 9.65. The summed E-state index contributed by atoms with van der Waals surface area (Å²) in [5.74, 6) is 0. The average molecular weight is 184 g/mol. The number of likely N-dealkylation sites (tertiary alicyclic amines) is 1. The second-order valence-electron chi connectivity index (χ2n) is 4.48. The average Bonchev–Trinajstić information content (AvgIpc) is 2.15. The lowest BCUT2D eigenvalue weighted by molar-refractivity contribution is 0.181. The van der Waals surface area contributed by atoms with Gasteiger partial charge in [0.1, 0.15) is 0 Å². The summed E-state index contributed by atoms with van der Waals surface area (Å²) in [7, 11) is 2.22. The van der Waals surface area contributed by atoms with E-state index in [4.69, 9.17) is 0 Å². The van der Waals surface area contributed by atoms with Gasteiger partial charge in [0.2, 0.25) is 0 Å². The first kappa shape index (κ1) is 11.0. The fourth-order valence-electron chi connectivity index (χ4n) is 1.74. The fraction of sp³-hybridized carbons (Fsp3) is 1.00. The van der Waals surface area contributed by atoms with Crippen LogP contribution in [-0.2, 0) is 0 Å². The van der Waals surface area contributed by atoms with E-state index in [1.165, 1.54) is 45.4 Å². The van der Waals surface area contributed by atoms with Crippen molar-refractivity contribution >= 4 is 0 Å². The Hall–Kier alpha value is -0.0800. The molecule has 2 nitrogen and oxygen atoms in total. The summed E-state index contributed by atoms with van der Waals surface area (Å²) >= 11 is 0. The van der Waals surface area contributed by atoms with Crippen molar-refractivity contribution in [3.8, 4) is 0 Å². The molecule has 1 saturated heterocycles. The van der Waals surface area contributed by atoms with Crippen LogP contribution in [0.25, 0.3) is 0 Å². The predicted molar refractivity (Wildman–Crippen MR) is 58.1 cm³/mol. The Morgan fingerprint density at radius 1 is 1.15 bits per heavy atom. The van der Waals surface area contributed by atoms with Gasteiger partial charge in [-0.2, -0.15) is 0 Å². The van der Waals surface area contributed by atoms with Gasteiger partial charge in [-0.1, -0.05) is 6.42 Å². The van der Waals surface area contributed by atoms with Crippen LogP contribution in [-0.4, -0.2) is 49.1 Å². The van der Waals surface area contributed by atoms with Crippen LogP contribution in [0.1, 0.15) is 33.1 Å². The first-order valence-electron chi connectivity index (χ1n) is 5.63. The second kappa shape index (κ2) is 5.61. The molecule has 0 saturated carbocycles. The summed E-state index contributed by atoms with van der Waals surface area (Å²) in [6, 6.07) is 0.685. The van der Waals surface area contributed by atoms with Gasteiger partial charge in [-0.15, -0.1) is 0 Å². The van der Waals surface area contributed by atoms with Crippen molar-refractivity contribution in [2.75, 3.05) is 33.2 Å². The van der Waals surface area contributed by atoms with E-state index >= 15 is 0 Å². The molecule has 0 spiro atoms. The molecule has 1 aliphatic rings. The van der Waals surface area contributed by atoms with Gasteiger partial charge in [0, 0.05) is 19.1 Å². The number of likely N-dealkylation sites (N-methyl/N-ethyl adjacent to an activating group) is 1. The minimum atomic E-state index is 0.685. The molecule has 0 amide bonds. The molecule has 1 fully saturated rings. The molecule has 78 valence electrons. The number of hydrogen-bond donors (Lipinski definition) is 0. The van der Waals surface area contributed by atoms with Crippen LogP contribution in [0.15, 0.2) is 0 Å². The summed E-state index contributed by atoms with van der Waals surface area (Å²) in [5.41, 5.74) is 0. The Labute approximate surface area is 82.9 Å². The lowest BCUT2D eigenvalue weighted by atomic mass is 10.1. The van der Waals surface area contributed by atoms with E-state index in [-0.39, 0.29) is 0 Å². The van der Waals surface area contributed by atoms with Crippen LogP contribution in [0.4, 0.5) is 0 Å². The van der Waals surface area contributed by atoms with Crippen molar-refractivity contribution in [3.63, 3.8) is 0 Å². The molecule has 0 radical (unpaired) electrons. The molecule has 2 heteroatoms. The standard InChI is InChI=1S/C11H24N2/c1-11(2)12(3)9-10-13-7-5-4-6-8-13/h11H,4-10H2,1-3H3. The number of piperidine rings is 1. The van der Waals surface area contributed by atoms with Crippen LogP contribution in [0.5, 0.6) is 0 Å². The number of rotatable bonds is 4. The zero-order valence-corrected chi connectivity index (χ0v) is 9.42. The Bertz CT molecular complexity index is 128. The Morgan fingerprint density at radius 2 is 1.77 bits per heavy atom. The maximum atomic E-state index is 2.60. The minimum Gasteiger partial charge on any atom is -0.303 e. The highest BCUT2D eigenvalue weighted by molar-refractivity contribution is 4.67. The number of nitrogens with zero attached hydrogens (tertiary/aromatic N) is 2. The van der Waals surface area contributed by atoms with Gasteiger partial charge in [-0.05, 0) is 46.8 Å². The van der Waals surface area contributed by atoms with E-state index in [1.54, 1.807) is 0 Å². The van der Waals surface area contributed by atoms with Crippen molar-refractivity contribution in [2.45, 2.75) is 39.2 Å². The van der Waals surface area contributed by atoms with Gasteiger partial charge in [0.15, 0.2) is 0 Å². The third kappa shape index (κ3) is 4.10. The van der Waals surface area contributed by atoms with E-state index < -0.39 is 0 Å². The van der Waals surface area contributed by atoms with Crippen LogP contribution < -0.4 is 0 Å². The van der Waals surface area contributed by atoms with E-state index in [1.807, 2.05) is 0 Å². The van der Waals surface area contributed by atoms with Gasteiger partial charge >= 0.3 is 0 Å². The minimum absolute atomic E-state index is 0.685. The SMILES string of the molecule is CC(C)N(C)CCN1CCCCC1. The van der Waals surface area contributed by atoms with Crippen LogP contribution >= 0.6 is 0 Å². The maximum absolute atomic E-state index is 2.60. The molecule has 1 aliphatic heterocycles. The largest absolute Gasteiger partial charge is 0.303 e. The highest BCUT2D eigenvalue weighted by Crippen LogP contribution is 2.08. The third-order valence-corrected chi connectivity index (χ3v) is 3.10. The summed E-state index contributed by atoms with van der Waals surface area (Å²) in [4.78, 5) is 5.02. The molecule has 0 aromatic heterocycles. The molecule has 1 heterocycles. The molecule has 0 aromatic rings. The van der Waals surface area contributed by atoms with Crippen molar-refractivity contribution in [1.82, 2.24) is 9.80 Å². The number of hydrogen-bond acceptors (Lipinski definition) is 2. The molecule has 0 bridgehead atoms.